The molecule has 0 spiro atoms. The number of likely N-dealkylation sites (N-methyl/N-ethyl adjacent to an activating group) is 1. The number of ether oxygens (including phenoxy) is 3. The molecule has 0 aromatic heterocycles. The first-order chi connectivity index (χ1) is 14.1. The number of carbonyl (C=O) groups is 3. The van der Waals surface area contributed by atoms with Gasteiger partial charge >= 0.3 is 11.9 Å². The Kier molecular flexibility index (Phi) is 15.2. The molecule has 30 heavy (non-hydrogen) atoms. The van der Waals surface area contributed by atoms with Crippen molar-refractivity contribution in [3.8, 4) is 0 Å². The minimum atomic E-state index is -1.13. The Morgan fingerprint density at radius 3 is 1.93 bits per heavy atom. The van der Waals surface area contributed by atoms with Crippen LogP contribution in [0.25, 0.3) is 0 Å². The van der Waals surface area contributed by atoms with Crippen LogP contribution in [0.15, 0.2) is 0 Å². The third-order valence-corrected chi connectivity index (χ3v) is 4.74. The van der Waals surface area contributed by atoms with Gasteiger partial charge in [0, 0.05) is 19.3 Å². The van der Waals surface area contributed by atoms with Crippen molar-refractivity contribution >= 4 is 17.9 Å². The zero-order valence-electron chi connectivity index (χ0n) is 19.4. The summed E-state index contributed by atoms with van der Waals surface area (Å²) >= 11 is 0. The number of carbonyl (C=O) groups excluding carboxylic acids is 3. The fraction of sp³-hybridized carbons (Fsp3) is 0.864. The Morgan fingerprint density at radius 1 is 0.867 bits per heavy atom. The molecular formula is C22H41NO7. The normalized spacial score (nSPS) is 13.5. The quantitative estimate of drug-likeness (QED) is 0.185. The third-order valence-electron chi connectivity index (χ3n) is 4.74. The largest absolute Gasteiger partial charge is 0.544 e. The highest BCUT2D eigenvalue weighted by molar-refractivity contribution is 5.70. The summed E-state index contributed by atoms with van der Waals surface area (Å²) in [6, 6.07) is -0.712. The predicted octanol–water partition coefficient (Wildman–Crippen LogP) is 1.83. The van der Waals surface area contributed by atoms with Crippen molar-refractivity contribution < 1.29 is 38.2 Å². The summed E-state index contributed by atoms with van der Waals surface area (Å²) in [6.07, 6.45) is 5.63. The van der Waals surface area contributed by atoms with Gasteiger partial charge in [0.1, 0.15) is 12.6 Å². The van der Waals surface area contributed by atoms with Gasteiger partial charge in [0.05, 0.1) is 40.3 Å². The van der Waals surface area contributed by atoms with Crippen LogP contribution in [0.1, 0.15) is 71.6 Å². The van der Waals surface area contributed by atoms with E-state index in [-0.39, 0.29) is 42.7 Å². The van der Waals surface area contributed by atoms with Crippen molar-refractivity contribution in [2.75, 3.05) is 41.0 Å². The standard InChI is InChI=1S/C22H41NO7/c1-6-8-10-12-20(24)29-17-18(30-21(25)13-11-9-7-2)16-28-15-14-19(22(26)27)23(3,4)5/h18-19H,6-17H2,1-5H3. The van der Waals surface area contributed by atoms with E-state index in [0.29, 0.717) is 12.8 Å². The van der Waals surface area contributed by atoms with Crippen LogP contribution in [0.5, 0.6) is 0 Å². The molecule has 176 valence electrons. The van der Waals surface area contributed by atoms with Crippen molar-refractivity contribution in [2.45, 2.75) is 83.8 Å². The Balaban J connectivity index is 4.57. The lowest BCUT2D eigenvalue weighted by Gasteiger charge is -2.34. The van der Waals surface area contributed by atoms with E-state index in [9.17, 15) is 19.5 Å². The summed E-state index contributed by atoms with van der Waals surface area (Å²) in [7, 11) is 5.33. The molecule has 0 aromatic carbocycles. The molecule has 0 heterocycles. The summed E-state index contributed by atoms with van der Waals surface area (Å²) in [5, 5.41) is 11.3. The van der Waals surface area contributed by atoms with Gasteiger partial charge in [-0.3, -0.25) is 9.59 Å². The molecule has 0 saturated heterocycles. The number of esters is 2. The second kappa shape index (κ2) is 16.1. The van der Waals surface area contributed by atoms with E-state index in [0.717, 1.165) is 38.5 Å². The summed E-state index contributed by atoms with van der Waals surface area (Å²) in [5.74, 6) is -1.80. The molecule has 2 unspecified atom stereocenters. The molecule has 0 fully saturated rings. The van der Waals surface area contributed by atoms with Crippen LogP contribution in [0, 0.1) is 0 Å². The lowest BCUT2D eigenvalue weighted by atomic mass is 10.1. The number of unbranched alkanes of at least 4 members (excludes halogenated alkanes) is 4. The van der Waals surface area contributed by atoms with Gasteiger partial charge in [0.2, 0.25) is 0 Å². The Bertz CT molecular complexity index is 502. The van der Waals surface area contributed by atoms with Gasteiger partial charge in [0.25, 0.3) is 0 Å². The Morgan fingerprint density at radius 2 is 1.43 bits per heavy atom. The van der Waals surface area contributed by atoms with Crippen LogP contribution in [0.2, 0.25) is 0 Å². The summed E-state index contributed by atoms with van der Waals surface area (Å²) in [4.78, 5) is 35.2. The number of hydrogen-bond donors (Lipinski definition) is 0. The molecule has 0 N–H and O–H groups in total. The molecule has 0 aliphatic rings. The van der Waals surface area contributed by atoms with E-state index >= 15 is 0 Å². The molecule has 0 rings (SSSR count). The van der Waals surface area contributed by atoms with Crippen molar-refractivity contribution in [3.05, 3.63) is 0 Å². The molecule has 0 radical (unpaired) electrons. The lowest BCUT2D eigenvalue weighted by molar-refractivity contribution is -0.889. The van der Waals surface area contributed by atoms with Crippen molar-refractivity contribution in [3.63, 3.8) is 0 Å². The average Bonchev–Trinajstić information content (AvgIpc) is 2.64. The Hall–Kier alpha value is -1.67. The second-order valence-electron chi connectivity index (χ2n) is 8.52. The van der Waals surface area contributed by atoms with Gasteiger partial charge in [-0.05, 0) is 12.8 Å². The number of carboxylic acid groups (broad SMARTS) is 1. The van der Waals surface area contributed by atoms with Crippen molar-refractivity contribution in [1.82, 2.24) is 0 Å². The zero-order valence-corrected chi connectivity index (χ0v) is 19.4. The van der Waals surface area contributed by atoms with E-state index in [2.05, 4.69) is 13.8 Å². The van der Waals surface area contributed by atoms with Crippen LogP contribution in [0.3, 0.4) is 0 Å². The van der Waals surface area contributed by atoms with Crippen LogP contribution >= 0.6 is 0 Å². The van der Waals surface area contributed by atoms with Crippen LogP contribution in [0.4, 0.5) is 0 Å². The van der Waals surface area contributed by atoms with Gasteiger partial charge in [-0.15, -0.1) is 0 Å². The average molecular weight is 432 g/mol. The zero-order chi connectivity index (χ0) is 23.0. The van der Waals surface area contributed by atoms with Gasteiger partial charge < -0.3 is 28.6 Å². The first-order valence-electron chi connectivity index (χ1n) is 11.1. The van der Waals surface area contributed by atoms with E-state index in [1.165, 1.54) is 0 Å². The first-order valence-corrected chi connectivity index (χ1v) is 11.1. The number of quaternary nitrogens is 1. The van der Waals surface area contributed by atoms with E-state index < -0.39 is 18.1 Å². The van der Waals surface area contributed by atoms with Crippen LogP contribution < -0.4 is 5.11 Å². The number of hydrogen-bond acceptors (Lipinski definition) is 7. The molecule has 0 aliphatic heterocycles. The highest BCUT2D eigenvalue weighted by atomic mass is 16.6. The number of rotatable bonds is 18. The van der Waals surface area contributed by atoms with Crippen molar-refractivity contribution in [1.29, 1.82) is 0 Å². The van der Waals surface area contributed by atoms with Crippen molar-refractivity contribution in [2.24, 2.45) is 0 Å². The SMILES string of the molecule is CCCCCC(=O)OCC(COCCC(C(=O)[O-])[N+](C)(C)C)OC(=O)CCCCC. The first kappa shape index (κ1) is 28.3. The fourth-order valence-electron chi connectivity index (χ4n) is 2.89. The second-order valence-corrected chi connectivity index (χ2v) is 8.52. The predicted molar refractivity (Wildman–Crippen MR) is 111 cm³/mol. The number of carboxylic acids is 1. The molecule has 0 amide bonds. The maximum Gasteiger partial charge on any atom is 0.306 e. The van der Waals surface area contributed by atoms with Crippen LogP contribution in [-0.2, 0) is 28.6 Å². The topological polar surface area (TPSA) is 102 Å². The summed E-state index contributed by atoms with van der Waals surface area (Å²) in [5.41, 5.74) is 0. The molecule has 8 heteroatoms. The summed E-state index contributed by atoms with van der Waals surface area (Å²) in [6.45, 7) is 4.25. The molecule has 2 atom stereocenters. The van der Waals surface area contributed by atoms with Gasteiger partial charge in [-0.1, -0.05) is 39.5 Å². The molecule has 0 saturated carbocycles. The maximum absolute atomic E-state index is 12.0. The highest BCUT2D eigenvalue weighted by Gasteiger charge is 2.25. The fourth-order valence-corrected chi connectivity index (χ4v) is 2.89. The maximum atomic E-state index is 12.0. The van der Waals surface area contributed by atoms with E-state index in [1.54, 1.807) is 21.1 Å². The summed E-state index contributed by atoms with van der Waals surface area (Å²) < 4.78 is 16.4. The van der Waals surface area contributed by atoms with Gasteiger partial charge in [-0.2, -0.15) is 0 Å². The van der Waals surface area contributed by atoms with Crippen LogP contribution in [-0.4, -0.2) is 75.5 Å². The minimum absolute atomic E-state index is 0.0403. The van der Waals surface area contributed by atoms with E-state index in [4.69, 9.17) is 14.2 Å². The molecule has 0 aliphatic carbocycles. The third kappa shape index (κ3) is 14.3. The smallest absolute Gasteiger partial charge is 0.306 e. The molecule has 0 aromatic rings. The Labute approximate surface area is 181 Å². The van der Waals surface area contributed by atoms with E-state index in [1.807, 2.05) is 0 Å². The number of aliphatic carboxylic acids is 1. The molecule has 8 nitrogen and oxygen atoms in total. The van der Waals surface area contributed by atoms with Gasteiger partial charge in [0.15, 0.2) is 6.10 Å². The molecule has 0 bridgehead atoms. The monoisotopic (exact) mass is 431 g/mol. The van der Waals surface area contributed by atoms with Gasteiger partial charge in [-0.25, -0.2) is 0 Å². The lowest BCUT2D eigenvalue weighted by Crippen LogP contribution is -2.55. The minimum Gasteiger partial charge on any atom is -0.544 e. The highest BCUT2D eigenvalue weighted by Crippen LogP contribution is 2.09. The number of nitrogens with zero attached hydrogens (tertiary/aromatic N) is 1. The molecular weight excluding hydrogens is 390 g/mol.